The van der Waals surface area contributed by atoms with Crippen molar-refractivity contribution in [2.24, 2.45) is 0 Å². The highest BCUT2D eigenvalue weighted by molar-refractivity contribution is 5.74. The number of carbonyl (C=O) groups excluding carboxylic acids is 2. The van der Waals surface area contributed by atoms with Crippen molar-refractivity contribution in [3.63, 3.8) is 0 Å². The quantitative estimate of drug-likeness (QED) is 0.235. The van der Waals surface area contributed by atoms with Crippen molar-refractivity contribution in [3.05, 3.63) is 18.2 Å². The number of rotatable bonds is 2. The number of carbonyl (C=O) groups is 2. The lowest BCUT2D eigenvalue weighted by atomic mass is 10.2. The number of nitrogens with two attached hydrogens (primary N) is 2. The Kier molecular flexibility index (Phi) is 2.90. The molecule has 0 saturated heterocycles. The van der Waals surface area contributed by atoms with Gasteiger partial charge in [0.2, 0.25) is 0 Å². The van der Waals surface area contributed by atoms with Crippen LogP contribution in [0.2, 0.25) is 0 Å². The predicted octanol–water partition coefficient (Wildman–Crippen LogP) is 0.523. The summed E-state index contributed by atoms with van der Waals surface area (Å²) in [5.74, 6) is 0.0889. The summed E-state index contributed by atoms with van der Waals surface area (Å²) >= 11 is 0. The Morgan fingerprint density at radius 3 is 2.64 bits per heavy atom. The van der Waals surface area contributed by atoms with Crippen molar-refractivity contribution in [3.8, 4) is 5.75 Å². The lowest BCUT2D eigenvalue weighted by molar-refractivity contribution is -0.124. The fraction of sp³-hybridized carbons (Fsp3) is 0. The standard InChI is InChI=1S/C8H8N2O4/c9-5-1-2-7(6(10)3-5)14-8(12)13-4-11/h1-4H,9-10H2. The van der Waals surface area contributed by atoms with Crippen LogP contribution in [0.25, 0.3) is 0 Å². The summed E-state index contributed by atoms with van der Waals surface area (Å²) in [7, 11) is 0. The summed E-state index contributed by atoms with van der Waals surface area (Å²) in [5, 5.41) is 0. The Morgan fingerprint density at radius 2 is 2.07 bits per heavy atom. The number of ether oxygens (including phenoxy) is 2. The highest BCUT2D eigenvalue weighted by atomic mass is 16.7. The van der Waals surface area contributed by atoms with E-state index in [4.69, 9.17) is 11.5 Å². The van der Waals surface area contributed by atoms with E-state index in [2.05, 4.69) is 9.47 Å². The Balaban J connectivity index is 2.76. The third-order valence-corrected chi connectivity index (χ3v) is 1.37. The van der Waals surface area contributed by atoms with Gasteiger partial charge in [0.1, 0.15) is 0 Å². The van der Waals surface area contributed by atoms with E-state index < -0.39 is 6.16 Å². The number of anilines is 2. The largest absolute Gasteiger partial charge is 0.521 e. The second-order valence-corrected chi connectivity index (χ2v) is 2.36. The molecule has 74 valence electrons. The van der Waals surface area contributed by atoms with Crippen molar-refractivity contribution < 1.29 is 19.1 Å². The number of nitrogen functional groups attached to an aromatic ring is 2. The van der Waals surface area contributed by atoms with E-state index in [1.807, 2.05) is 0 Å². The minimum atomic E-state index is -1.14. The Hall–Kier alpha value is -2.24. The van der Waals surface area contributed by atoms with Crippen LogP contribution in [0.1, 0.15) is 0 Å². The van der Waals surface area contributed by atoms with Crippen LogP contribution in [0.5, 0.6) is 5.75 Å². The Bertz CT molecular complexity index is 364. The van der Waals surface area contributed by atoms with Crippen molar-refractivity contribution in [1.29, 1.82) is 0 Å². The molecule has 6 nitrogen and oxygen atoms in total. The van der Waals surface area contributed by atoms with E-state index >= 15 is 0 Å². The average molecular weight is 196 g/mol. The molecule has 0 aromatic heterocycles. The molecule has 1 rings (SSSR count). The van der Waals surface area contributed by atoms with Gasteiger partial charge < -0.3 is 20.9 Å². The van der Waals surface area contributed by atoms with Gasteiger partial charge in [-0.25, -0.2) is 4.79 Å². The summed E-state index contributed by atoms with van der Waals surface area (Å²) < 4.78 is 8.47. The monoisotopic (exact) mass is 196 g/mol. The zero-order valence-corrected chi connectivity index (χ0v) is 7.10. The van der Waals surface area contributed by atoms with Gasteiger partial charge in [-0.15, -0.1) is 0 Å². The third kappa shape index (κ3) is 2.37. The van der Waals surface area contributed by atoms with Crippen molar-refractivity contribution in [2.75, 3.05) is 11.5 Å². The Morgan fingerprint density at radius 1 is 1.36 bits per heavy atom. The molecule has 0 saturated carbocycles. The molecule has 0 unspecified atom stereocenters. The molecule has 0 aliphatic heterocycles. The van der Waals surface area contributed by atoms with E-state index in [1.165, 1.54) is 18.2 Å². The molecule has 0 aliphatic rings. The van der Waals surface area contributed by atoms with Gasteiger partial charge in [0, 0.05) is 5.69 Å². The van der Waals surface area contributed by atoms with Gasteiger partial charge in [-0.1, -0.05) is 0 Å². The van der Waals surface area contributed by atoms with Gasteiger partial charge in [0.25, 0.3) is 0 Å². The summed E-state index contributed by atoms with van der Waals surface area (Å²) in [6, 6.07) is 4.32. The van der Waals surface area contributed by atoms with Crippen LogP contribution >= 0.6 is 0 Å². The molecule has 0 radical (unpaired) electrons. The molecule has 0 aliphatic carbocycles. The van der Waals surface area contributed by atoms with Crippen LogP contribution in [-0.2, 0) is 9.53 Å². The van der Waals surface area contributed by atoms with Crippen LogP contribution in [0, 0.1) is 0 Å². The third-order valence-electron chi connectivity index (χ3n) is 1.37. The van der Waals surface area contributed by atoms with Gasteiger partial charge >= 0.3 is 12.6 Å². The van der Waals surface area contributed by atoms with Crippen LogP contribution in [0.15, 0.2) is 18.2 Å². The predicted molar refractivity (Wildman–Crippen MR) is 48.4 cm³/mol. The molecule has 0 atom stereocenters. The fourth-order valence-corrected chi connectivity index (χ4v) is 0.813. The molecule has 1 aromatic rings. The molecule has 6 heteroatoms. The van der Waals surface area contributed by atoms with Crippen LogP contribution in [0.4, 0.5) is 16.2 Å². The average Bonchev–Trinajstić information content (AvgIpc) is 2.10. The minimum Gasteiger partial charge on any atom is -0.399 e. The van der Waals surface area contributed by atoms with Gasteiger partial charge in [-0.3, -0.25) is 4.79 Å². The molecule has 0 bridgehead atoms. The van der Waals surface area contributed by atoms with Gasteiger partial charge in [-0.2, -0.15) is 0 Å². The SMILES string of the molecule is Nc1ccc(OC(=O)OC=O)c(N)c1. The lowest BCUT2D eigenvalue weighted by Crippen LogP contribution is -2.10. The van der Waals surface area contributed by atoms with Crippen molar-refractivity contribution in [2.45, 2.75) is 0 Å². The molecule has 0 amide bonds. The van der Waals surface area contributed by atoms with Gasteiger partial charge in [0.15, 0.2) is 5.75 Å². The highest BCUT2D eigenvalue weighted by Gasteiger charge is 2.08. The molecule has 0 heterocycles. The number of benzene rings is 1. The summed E-state index contributed by atoms with van der Waals surface area (Å²) in [5.41, 5.74) is 11.5. The second kappa shape index (κ2) is 4.13. The first kappa shape index (κ1) is 9.85. The molecule has 0 spiro atoms. The maximum atomic E-state index is 10.7. The van der Waals surface area contributed by atoms with Crippen LogP contribution < -0.4 is 16.2 Å². The molecule has 0 fully saturated rings. The molecule has 1 aromatic carbocycles. The summed E-state index contributed by atoms with van der Waals surface area (Å²) in [6.07, 6.45) is -1.14. The molecule has 14 heavy (non-hydrogen) atoms. The first-order chi connectivity index (χ1) is 6.63. The molecular weight excluding hydrogens is 188 g/mol. The summed E-state index contributed by atoms with van der Waals surface area (Å²) in [4.78, 5) is 20.5. The van der Waals surface area contributed by atoms with Gasteiger partial charge in [-0.05, 0) is 18.2 Å². The fourth-order valence-electron chi connectivity index (χ4n) is 0.813. The summed E-state index contributed by atoms with van der Waals surface area (Å²) in [6.45, 7) is -0.0319. The van der Waals surface area contributed by atoms with E-state index in [0.29, 0.717) is 5.69 Å². The minimum absolute atomic E-state index is 0.0319. The van der Waals surface area contributed by atoms with Gasteiger partial charge in [0.05, 0.1) is 5.69 Å². The zero-order chi connectivity index (χ0) is 10.6. The first-order valence-electron chi connectivity index (χ1n) is 3.60. The van der Waals surface area contributed by atoms with Crippen LogP contribution in [0.3, 0.4) is 0 Å². The number of hydrogen-bond donors (Lipinski definition) is 2. The number of hydrogen-bond acceptors (Lipinski definition) is 6. The molecular formula is C8H8N2O4. The zero-order valence-electron chi connectivity index (χ0n) is 7.10. The smallest absolute Gasteiger partial charge is 0.399 e. The maximum Gasteiger partial charge on any atom is 0.521 e. The van der Waals surface area contributed by atoms with Crippen LogP contribution in [-0.4, -0.2) is 12.6 Å². The highest BCUT2D eigenvalue weighted by Crippen LogP contribution is 2.23. The Labute approximate surface area is 79.4 Å². The maximum absolute atomic E-state index is 10.7. The first-order valence-corrected chi connectivity index (χ1v) is 3.60. The topological polar surface area (TPSA) is 105 Å². The van der Waals surface area contributed by atoms with Crippen molar-refractivity contribution in [1.82, 2.24) is 0 Å². The van der Waals surface area contributed by atoms with E-state index in [0.717, 1.165) is 0 Å². The van der Waals surface area contributed by atoms with Crippen molar-refractivity contribution >= 4 is 24.0 Å². The van der Waals surface area contributed by atoms with E-state index in [9.17, 15) is 9.59 Å². The lowest BCUT2D eigenvalue weighted by Gasteiger charge is -2.05. The van der Waals surface area contributed by atoms with E-state index in [1.54, 1.807) is 0 Å². The molecule has 4 N–H and O–H groups in total. The van der Waals surface area contributed by atoms with E-state index in [-0.39, 0.29) is 17.9 Å². The normalized spacial score (nSPS) is 9.14. The second-order valence-electron chi connectivity index (χ2n) is 2.36.